The number of allylic oxidation sites excluding steroid dienone is 9. The fourth-order valence-corrected chi connectivity index (χ4v) is 3.84. The van der Waals surface area contributed by atoms with Crippen molar-refractivity contribution in [1.29, 1.82) is 0 Å². The van der Waals surface area contributed by atoms with Crippen molar-refractivity contribution in [2.75, 3.05) is 13.7 Å². The molecule has 1 saturated carbocycles. The Balaban J connectivity index is 0.00000298. The molecule has 190 valence electrons. The molecule has 1 fully saturated rings. The lowest BCUT2D eigenvalue weighted by Crippen LogP contribution is -2.07. The van der Waals surface area contributed by atoms with Gasteiger partial charge in [-0.25, -0.2) is 0 Å². The van der Waals surface area contributed by atoms with E-state index in [9.17, 15) is 5.11 Å². The minimum atomic E-state index is 0.00449. The molecule has 2 rings (SSSR count). The quantitative estimate of drug-likeness (QED) is 0.156. The minimum Gasteiger partial charge on any atom is -0.508 e. The van der Waals surface area contributed by atoms with Crippen LogP contribution in [0.2, 0.25) is 0 Å². The lowest BCUT2D eigenvalue weighted by atomic mass is 9.89. The van der Waals surface area contributed by atoms with Crippen LogP contribution >= 0.6 is 12.6 Å². The number of hydrogen-bond donors (Lipinski definition) is 3. The third-order valence-corrected chi connectivity index (χ3v) is 6.46. The summed E-state index contributed by atoms with van der Waals surface area (Å²) in [5.41, 5.74) is 5.60. The molecule has 0 spiro atoms. The van der Waals surface area contributed by atoms with Crippen molar-refractivity contribution < 1.29 is 14.9 Å². The maximum Gasteiger partial charge on any atom is 0.122 e. The maximum absolute atomic E-state index is 9.92. The van der Waals surface area contributed by atoms with Crippen LogP contribution in [-0.4, -0.2) is 23.9 Å². The molecule has 2 N–H and O–H groups in total. The van der Waals surface area contributed by atoms with Gasteiger partial charge in [-0.1, -0.05) is 57.0 Å². The Morgan fingerprint density at radius 1 is 1.23 bits per heavy atom. The number of aliphatic hydroxyl groups excluding tert-OH is 2. The molecule has 0 saturated heterocycles. The van der Waals surface area contributed by atoms with Crippen LogP contribution in [0.3, 0.4) is 0 Å². The van der Waals surface area contributed by atoms with Crippen molar-refractivity contribution in [2.24, 2.45) is 11.8 Å². The Morgan fingerprint density at radius 2 is 1.89 bits per heavy atom. The average molecular weight is 495 g/mol. The highest BCUT2D eigenvalue weighted by molar-refractivity contribution is 7.84. The average Bonchev–Trinajstić information content (AvgIpc) is 3.67. The number of aryl methyl sites for hydroxylation is 1. The van der Waals surface area contributed by atoms with Gasteiger partial charge in [0, 0.05) is 12.7 Å². The smallest absolute Gasteiger partial charge is 0.122 e. The van der Waals surface area contributed by atoms with E-state index >= 15 is 0 Å². The Labute approximate surface area is 218 Å². The minimum absolute atomic E-state index is 0.00449. The standard InChI is InChI=1S/C30H38O2S.CH4O/c1-8-11-12-30(33)22(6)16-26-18-29(32-19-24-13-14-24)21(5)17-28(26)25(9-2)15-20(4)27(10-3)23(7)31;1-2/h8-12,15,17-18,22,24,31,33H,2,4,7,13-14,16,19H2,1,3,5-6H3;2H,1H3/b11-8-,25-15+,27-10+,30-12-;. The highest BCUT2D eigenvalue weighted by Gasteiger charge is 2.23. The van der Waals surface area contributed by atoms with Crippen LogP contribution in [0.4, 0.5) is 0 Å². The fraction of sp³-hybridized carbons (Fsp3) is 0.355. The Morgan fingerprint density at radius 3 is 2.40 bits per heavy atom. The monoisotopic (exact) mass is 494 g/mol. The van der Waals surface area contributed by atoms with E-state index in [1.165, 1.54) is 18.4 Å². The summed E-state index contributed by atoms with van der Waals surface area (Å²) >= 11 is 4.72. The van der Waals surface area contributed by atoms with Crippen molar-refractivity contribution in [3.63, 3.8) is 0 Å². The molecule has 4 heteroatoms. The highest BCUT2D eigenvalue weighted by Crippen LogP contribution is 2.35. The molecule has 0 radical (unpaired) electrons. The molecule has 1 aliphatic rings. The summed E-state index contributed by atoms with van der Waals surface area (Å²) in [4.78, 5) is 1.03. The molecule has 0 aliphatic heterocycles. The zero-order chi connectivity index (χ0) is 26.5. The Kier molecular flexibility index (Phi) is 13.3. The second kappa shape index (κ2) is 15.3. The lowest BCUT2D eigenvalue weighted by Gasteiger charge is -2.20. The number of aliphatic hydroxyl groups is 2. The van der Waals surface area contributed by atoms with Crippen molar-refractivity contribution in [3.8, 4) is 5.75 Å². The molecule has 35 heavy (non-hydrogen) atoms. The van der Waals surface area contributed by atoms with E-state index in [1.54, 1.807) is 0 Å². The summed E-state index contributed by atoms with van der Waals surface area (Å²) in [5, 5.41) is 16.9. The molecule has 1 unspecified atom stereocenters. The SMILES string of the molecule is C=C/C(=C\C(=C)/C(=C\C)C(=C)O)c1cc(C)c(OCC2CC2)cc1CC(C)/C(S)=C/C=C\C.CO. The van der Waals surface area contributed by atoms with Crippen LogP contribution in [0, 0.1) is 18.8 Å². The molecule has 1 atom stereocenters. The summed E-state index contributed by atoms with van der Waals surface area (Å²) in [7, 11) is 1.00. The molecule has 0 bridgehead atoms. The molecule has 1 aliphatic carbocycles. The first-order valence-electron chi connectivity index (χ1n) is 12.0. The molecular weight excluding hydrogens is 452 g/mol. The van der Waals surface area contributed by atoms with Crippen molar-refractivity contribution in [2.45, 2.75) is 47.0 Å². The Hall–Kier alpha value is -2.69. The van der Waals surface area contributed by atoms with Gasteiger partial charge in [0.05, 0.1) is 6.61 Å². The van der Waals surface area contributed by atoms with Crippen molar-refractivity contribution >= 4 is 18.2 Å². The van der Waals surface area contributed by atoms with Gasteiger partial charge in [0.25, 0.3) is 0 Å². The van der Waals surface area contributed by atoms with Gasteiger partial charge in [-0.2, -0.15) is 0 Å². The van der Waals surface area contributed by atoms with Crippen LogP contribution in [0.1, 0.15) is 50.3 Å². The summed E-state index contributed by atoms with van der Waals surface area (Å²) in [6.07, 6.45) is 15.0. The first-order valence-corrected chi connectivity index (χ1v) is 12.5. The lowest BCUT2D eigenvalue weighted by molar-refractivity contribution is 0.297. The summed E-state index contributed by atoms with van der Waals surface area (Å²) < 4.78 is 6.18. The number of hydrogen-bond acceptors (Lipinski definition) is 4. The number of ether oxygens (including phenoxy) is 1. The largest absolute Gasteiger partial charge is 0.508 e. The topological polar surface area (TPSA) is 49.7 Å². The molecule has 3 nitrogen and oxygen atoms in total. The molecule has 1 aromatic carbocycles. The van der Waals surface area contributed by atoms with Gasteiger partial charge in [-0.15, -0.1) is 12.6 Å². The second-order valence-electron chi connectivity index (χ2n) is 8.73. The summed E-state index contributed by atoms with van der Waals surface area (Å²) in [5.74, 6) is 1.87. The van der Waals surface area contributed by atoms with E-state index in [4.69, 9.17) is 22.5 Å². The van der Waals surface area contributed by atoms with Gasteiger partial charge in [0.2, 0.25) is 0 Å². The van der Waals surface area contributed by atoms with Crippen LogP contribution in [-0.2, 0) is 6.42 Å². The summed E-state index contributed by atoms with van der Waals surface area (Å²) in [6, 6.07) is 4.34. The second-order valence-corrected chi connectivity index (χ2v) is 9.25. The normalized spacial score (nSPS) is 15.3. The molecule has 1 aromatic rings. The molecule has 0 aromatic heterocycles. The molecular formula is C31H42O3S. The van der Waals surface area contributed by atoms with Gasteiger partial charge in [-0.3, -0.25) is 0 Å². The van der Waals surface area contributed by atoms with Crippen LogP contribution < -0.4 is 4.74 Å². The number of thiol groups is 1. The van der Waals surface area contributed by atoms with Gasteiger partial charge in [0.15, 0.2) is 0 Å². The van der Waals surface area contributed by atoms with E-state index in [0.717, 1.165) is 47.5 Å². The first kappa shape index (κ1) is 30.3. The van der Waals surface area contributed by atoms with Gasteiger partial charge >= 0.3 is 0 Å². The van der Waals surface area contributed by atoms with Crippen molar-refractivity contribution in [3.05, 3.63) is 107 Å². The van der Waals surface area contributed by atoms with E-state index < -0.39 is 0 Å². The maximum atomic E-state index is 9.92. The summed E-state index contributed by atoms with van der Waals surface area (Å²) in [6.45, 7) is 20.7. The third-order valence-electron chi connectivity index (χ3n) is 5.87. The first-order chi connectivity index (χ1) is 16.7. The Bertz CT molecular complexity index is 1020. The number of rotatable bonds is 12. The highest BCUT2D eigenvalue weighted by atomic mass is 32.1. The van der Waals surface area contributed by atoms with E-state index in [-0.39, 0.29) is 11.7 Å². The molecule has 0 amide bonds. The zero-order valence-corrected chi connectivity index (χ0v) is 22.9. The third kappa shape index (κ3) is 9.46. The van der Waals surface area contributed by atoms with Crippen LogP contribution in [0.5, 0.6) is 5.75 Å². The van der Waals surface area contributed by atoms with Crippen LogP contribution in [0.15, 0.2) is 90.1 Å². The van der Waals surface area contributed by atoms with E-state index in [1.807, 2.05) is 50.3 Å². The van der Waals surface area contributed by atoms with Gasteiger partial charge in [0.1, 0.15) is 11.5 Å². The number of benzene rings is 1. The van der Waals surface area contributed by atoms with Gasteiger partial charge < -0.3 is 14.9 Å². The predicted molar refractivity (Wildman–Crippen MR) is 155 cm³/mol. The van der Waals surface area contributed by atoms with Crippen molar-refractivity contribution in [1.82, 2.24) is 0 Å². The van der Waals surface area contributed by atoms with E-state index in [2.05, 4.69) is 45.7 Å². The fourth-order valence-electron chi connectivity index (χ4n) is 3.66. The predicted octanol–water partition coefficient (Wildman–Crippen LogP) is 8.10. The van der Waals surface area contributed by atoms with Gasteiger partial charge in [-0.05, 0) is 103 Å². The van der Waals surface area contributed by atoms with E-state index in [0.29, 0.717) is 17.1 Å². The zero-order valence-electron chi connectivity index (χ0n) is 22.0. The molecule has 0 heterocycles. The van der Waals surface area contributed by atoms with Crippen LogP contribution in [0.25, 0.3) is 5.57 Å².